The second-order valence-electron chi connectivity index (χ2n) is 2.72. The van der Waals surface area contributed by atoms with Crippen LogP contribution in [0.4, 0.5) is 0 Å². The summed E-state index contributed by atoms with van der Waals surface area (Å²) in [5.74, 6) is 1.23. The molecule has 2 fully saturated rings. The highest BCUT2D eigenvalue weighted by molar-refractivity contribution is 7.98. The third kappa shape index (κ3) is 0.876. The molecule has 0 amide bonds. The molecule has 2 atom stereocenters. The van der Waals surface area contributed by atoms with E-state index in [0.29, 0.717) is 0 Å². The highest BCUT2D eigenvalue weighted by Crippen LogP contribution is 2.31. The monoisotopic (exact) mass is 144 g/mol. The molecular formula is C6H12N2S. The number of piperazine rings is 1. The number of fused-ring (bicyclic) bond motifs is 1. The number of thioether (sulfide) groups is 1. The standard InChI is InChI=1S/C6H12N2S/c1-9-4-8-5-2-7-3-6(5)8/h5-7H,2-4H2,1H3. The summed E-state index contributed by atoms with van der Waals surface area (Å²) in [4.78, 5) is 2.56. The van der Waals surface area contributed by atoms with Crippen LogP contribution in [-0.4, -0.2) is 42.2 Å². The minimum absolute atomic E-state index is 0.900. The van der Waals surface area contributed by atoms with E-state index in [1.54, 1.807) is 0 Å². The molecule has 0 radical (unpaired) electrons. The van der Waals surface area contributed by atoms with E-state index in [9.17, 15) is 0 Å². The molecule has 2 aliphatic heterocycles. The molecule has 9 heavy (non-hydrogen) atoms. The molecule has 0 aromatic rings. The van der Waals surface area contributed by atoms with E-state index < -0.39 is 0 Å². The van der Waals surface area contributed by atoms with E-state index in [1.807, 2.05) is 11.8 Å². The number of nitrogens with zero attached hydrogens (tertiary/aromatic N) is 1. The summed E-state index contributed by atoms with van der Waals surface area (Å²) >= 11 is 1.93. The zero-order valence-corrected chi connectivity index (χ0v) is 6.45. The highest BCUT2D eigenvalue weighted by atomic mass is 32.2. The molecule has 3 heteroatoms. The van der Waals surface area contributed by atoms with Gasteiger partial charge in [-0.1, -0.05) is 0 Å². The molecule has 2 rings (SSSR count). The molecule has 2 nitrogen and oxygen atoms in total. The first-order valence-electron chi connectivity index (χ1n) is 3.39. The minimum atomic E-state index is 0.900. The smallest absolute Gasteiger partial charge is 0.0449 e. The predicted octanol–water partition coefficient (Wildman–Crippen LogP) is -0.0371. The van der Waals surface area contributed by atoms with E-state index in [2.05, 4.69) is 16.5 Å². The van der Waals surface area contributed by atoms with Crippen LogP contribution >= 0.6 is 11.8 Å². The Balaban J connectivity index is 1.81. The zero-order valence-electron chi connectivity index (χ0n) is 5.63. The van der Waals surface area contributed by atoms with Crippen LogP contribution < -0.4 is 5.32 Å². The Hall–Kier alpha value is 0.270. The fraction of sp³-hybridized carbons (Fsp3) is 1.00. The Morgan fingerprint density at radius 3 is 2.78 bits per heavy atom. The topological polar surface area (TPSA) is 15.0 Å². The van der Waals surface area contributed by atoms with Gasteiger partial charge in [0.05, 0.1) is 0 Å². The van der Waals surface area contributed by atoms with Gasteiger partial charge in [0, 0.05) is 31.0 Å². The van der Waals surface area contributed by atoms with Crippen molar-refractivity contribution < 1.29 is 0 Å². The molecule has 0 saturated carbocycles. The van der Waals surface area contributed by atoms with Gasteiger partial charge >= 0.3 is 0 Å². The van der Waals surface area contributed by atoms with E-state index in [4.69, 9.17) is 0 Å². The number of nitrogens with one attached hydrogen (secondary N) is 1. The largest absolute Gasteiger partial charge is 0.313 e. The van der Waals surface area contributed by atoms with Crippen LogP contribution in [0.15, 0.2) is 0 Å². The molecule has 52 valence electrons. The summed E-state index contributed by atoms with van der Waals surface area (Å²) in [7, 11) is 0. The van der Waals surface area contributed by atoms with Crippen LogP contribution in [0.5, 0.6) is 0 Å². The molecular weight excluding hydrogens is 132 g/mol. The van der Waals surface area contributed by atoms with Crippen LogP contribution in [0.3, 0.4) is 0 Å². The minimum Gasteiger partial charge on any atom is -0.313 e. The average molecular weight is 144 g/mol. The SMILES string of the molecule is CSCN1C2CNCC21. The quantitative estimate of drug-likeness (QED) is 0.548. The van der Waals surface area contributed by atoms with E-state index in [0.717, 1.165) is 12.1 Å². The van der Waals surface area contributed by atoms with Gasteiger partial charge in [0.25, 0.3) is 0 Å². The van der Waals surface area contributed by atoms with Crippen LogP contribution in [0.25, 0.3) is 0 Å². The normalized spacial score (nSPS) is 47.0. The van der Waals surface area contributed by atoms with Gasteiger partial charge in [0.15, 0.2) is 0 Å². The lowest BCUT2D eigenvalue weighted by Crippen LogP contribution is -2.22. The summed E-state index contributed by atoms with van der Waals surface area (Å²) in [6, 6.07) is 1.80. The van der Waals surface area contributed by atoms with Crippen LogP contribution in [0.2, 0.25) is 0 Å². The first-order chi connectivity index (χ1) is 4.43. The second-order valence-corrected chi connectivity index (χ2v) is 3.56. The molecule has 0 aromatic carbocycles. The molecule has 2 unspecified atom stereocenters. The average Bonchev–Trinajstić information content (AvgIpc) is 2.39. The van der Waals surface area contributed by atoms with E-state index in [1.165, 1.54) is 19.0 Å². The lowest BCUT2D eigenvalue weighted by molar-refractivity contribution is 0.495. The van der Waals surface area contributed by atoms with Crippen molar-refractivity contribution in [2.75, 3.05) is 25.2 Å². The van der Waals surface area contributed by atoms with Crippen molar-refractivity contribution in [1.29, 1.82) is 0 Å². The molecule has 0 spiro atoms. The van der Waals surface area contributed by atoms with Crippen molar-refractivity contribution >= 4 is 11.8 Å². The molecule has 0 bridgehead atoms. The molecule has 0 aliphatic carbocycles. The first-order valence-corrected chi connectivity index (χ1v) is 4.78. The summed E-state index contributed by atoms with van der Waals surface area (Å²) in [6.45, 7) is 2.45. The molecule has 0 aromatic heterocycles. The van der Waals surface area contributed by atoms with Gasteiger partial charge in [-0.3, -0.25) is 4.90 Å². The number of hydrogen-bond donors (Lipinski definition) is 1. The number of rotatable bonds is 2. The summed E-state index contributed by atoms with van der Waals surface area (Å²) < 4.78 is 0. The molecule has 2 heterocycles. The maximum atomic E-state index is 3.36. The van der Waals surface area contributed by atoms with Crippen molar-refractivity contribution in [3.05, 3.63) is 0 Å². The highest BCUT2D eigenvalue weighted by Gasteiger charge is 2.49. The molecule has 2 saturated heterocycles. The lowest BCUT2D eigenvalue weighted by Gasteiger charge is -2.04. The van der Waals surface area contributed by atoms with Crippen LogP contribution in [0, 0.1) is 0 Å². The fourth-order valence-corrected chi connectivity index (χ4v) is 2.30. The maximum Gasteiger partial charge on any atom is 0.0449 e. The van der Waals surface area contributed by atoms with Crippen LogP contribution in [-0.2, 0) is 0 Å². The Kier molecular flexibility index (Phi) is 1.43. The predicted molar refractivity (Wildman–Crippen MR) is 40.7 cm³/mol. The molecule has 2 aliphatic rings. The van der Waals surface area contributed by atoms with Crippen molar-refractivity contribution in [3.8, 4) is 0 Å². The van der Waals surface area contributed by atoms with Crippen molar-refractivity contribution in [3.63, 3.8) is 0 Å². The van der Waals surface area contributed by atoms with Gasteiger partial charge in [-0.25, -0.2) is 0 Å². The third-order valence-electron chi connectivity index (χ3n) is 2.19. The summed E-state index contributed by atoms with van der Waals surface area (Å²) in [6.07, 6.45) is 2.17. The zero-order chi connectivity index (χ0) is 6.27. The third-order valence-corrected chi connectivity index (χ3v) is 2.75. The van der Waals surface area contributed by atoms with Crippen LogP contribution in [0.1, 0.15) is 0 Å². The van der Waals surface area contributed by atoms with E-state index in [-0.39, 0.29) is 0 Å². The lowest BCUT2D eigenvalue weighted by atomic mass is 10.4. The Labute approximate surface area is 60.0 Å². The number of hydrogen-bond acceptors (Lipinski definition) is 3. The Bertz CT molecular complexity index is 108. The fourth-order valence-electron chi connectivity index (χ4n) is 1.62. The second kappa shape index (κ2) is 2.15. The van der Waals surface area contributed by atoms with Gasteiger partial charge in [-0.15, -0.1) is 11.8 Å². The van der Waals surface area contributed by atoms with Gasteiger partial charge in [0.1, 0.15) is 0 Å². The Morgan fingerprint density at radius 2 is 2.22 bits per heavy atom. The first kappa shape index (κ1) is 6.01. The molecule has 1 N–H and O–H groups in total. The Morgan fingerprint density at radius 1 is 1.56 bits per heavy atom. The van der Waals surface area contributed by atoms with E-state index >= 15 is 0 Å². The summed E-state index contributed by atoms with van der Waals surface area (Å²) in [5.41, 5.74) is 0. The van der Waals surface area contributed by atoms with Gasteiger partial charge in [-0.2, -0.15) is 0 Å². The van der Waals surface area contributed by atoms with Gasteiger partial charge < -0.3 is 5.32 Å². The van der Waals surface area contributed by atoms with Gasteiger partial charge in [0.2, 0.25) is 0 Å². The van der Waals surface area contributed by atoms with Crippen molar-refractivity contribution in [2.24, 2.45) is 0 Å². The van der Waals surface area contributed by atoms with Gasteiger partial charge in [-0.05, 0) is 6.26 Å². The van der Waals surface area contributed by atoms with Crippen molar-refractivity contribution in [1.82, 2.24) is 10.2 Å². The summed E-state index contributed by atoms with van der Waals surface area (Å²) in [5, 5.41) is 3.36. The van der Waals surface area contributed by atoms with Crippen molar-refractivity contribution in [2.45, 2.75) is 12.1 Å². The maximum absolute atomic E-state index is 3.36.